The molecule has 1 aromatic rings. The maximum absolute atomic E-state index is 5.67. The first-order valence-electron chi connectivity index (χ1n) is 9.12. The lowest BCUT2D eigenvalue weighted by molar-refractivity contribution is 0.146. The molecule has 3 nitrogen and oxygen atoms in total. The molecular weight excluding hydrogens is 286 g/mol. The van der Waals surface area contributed by atoms with Gasteiger partial charge in [-0.05, 0) is 37.6 Å². The largest absolute Gasteiger partial charge is 0.491 e. The fourth-order valence-electron chi connectivity index (χ4n) is 2.92. The Morgan fingerprint density at radius 3 is 2.43 bits per heavy atom. The molecule has 1 aliphatic rings. The second-order valence-electron chi connectivity index (χ2n) is 6.40. The van der Waals surface area contributed by atoms with Crippen molar-refractivity contribution in [3.63, 3.8) is 0 Å². The Morgan fingerprint density at radius 2 is 1.78 bits per heavy atom. The van der Waals surface area contributed by atoms with Crippen molar-refractivity contribution >= 4 is 0 Å². The molecule has 0 spiro atoms. The van der Waals surface area contributed by atoms with Gasteiger partial charge in [0.25, 0.3) is 0 Å². The van der Waals surface area contributed by atoms with Crippen LogP contribution in [0.25, 0.3) is 0 Å². The average molecular weight is 322 g/mol. The highest BCUT2D eigenvalue weighted by Gasteiger charge is 2.17. The van der Waals surface area contributed by atoms with Crippen molar-refractivity contribution < 1.29 is 9.47 Å². The Kier molecular flexibility index (Phi) is 10.8. The van der Waals surface area contributed by atoms with E-state index in [0.717, 1.165) is 18.3 Å². The van der Waals surface area contributed by atoms with Gasteiger partial charge in [-0.1, -0.05) is 51.7 Å². The molecule has 0 aromatic heterocycles. The van der Waals surface area contributed by atoms with Gasteiger partial charge >= 0.3 is 0 Å². The number of hydrogen-bond acceptors (Lipinski definition) is 3. The van der Waals surface area contributed by atoms with E-state index in [0.29, 0.717) is 13.2 Å². The zero-order chi connectivity index (χ0) is 16.9. The molecular formula is C20H35NO2. The predicted octanol–water partition coefficient (Wildman–Crippen LogP) is 4.89. The van der Waals surface area contributed by atoms with Gasteiger partial charge in [0.2, 0.25) is 0 Å². The van der Waals surface area contributed by atoms with Crippen molar-refractivity contribution in [1.29, 1.82) is 0 Å². The van der Waals surface area contributed by atoms with E-state index in [-0.39, 0.29) is 0 Å². The van der Waals surface area contributed by atoms with E-state index in [4.69, 9.17) is 9.47 Å². The number of hydrogen-bond donors (Lipinski definition) is 0. The van der Waals surface area contributed by atoms with Gasteiger partial charge in [-0.3, -0.25) is 4.90 Å². The predicted molar refractivity (Wildman–Crippen MR) is 98.1 cm³/mol. The van der Waals surface area contributed by atoms with Crippen LogP contribution < -0.4 is 4.74 Å². The maximum Gasteiger partial charge on any atom is 0.119 e. The van der Waals surface area contributed by atoms with Crippen LogP contribution >= 0.6 is 0 Å². The van der Waals surface area contributed by atoms with Crippen LogP contribution in [0, 0.1) is 0 Å². The molecule has 0 atom stereocenters. The normalized spacial score (nSPS) is 15.2. The third kappa shape index (κ3) is 8.38. The monoisotopic (exact) mass is 321 g/mol. The van der Waals surface area contributed by atoms with Gasteiger partial charge in [0.15, 0.2) is 0 Å². The van der Waals surface area contributed by atoms with Gasteiger partial charge < -0.3 is 9.47 Å². The third-order valence-electron chi connectivity index (χ3n) is 4.08. The highest BCUT2D eigenvalue weighted by molar-refractivity contribution is 5.28. The number of nitrogens with zero attached hydrogens (tertiary/aromatic N) is 1. The average Bonchev–Trinajstić information content (AvgIpc) is 2.57. The van der Waals surface area contributed by atoms with E-state index >= 15 is 0 Å². The zero-order valence-corrected chi connectivity index (χ0v) is 15.5. The molecule has 0 radical (unpaired) electrons. The van der Waals surface area contributed by atoms with Crippen LogP contribution in [0.5, 0.6) is 5.75 Å². The summed E-state index contributed by atoms with van der Waals surface area (Å²) in [6.07, 6.45) is 8.12. The van der Waals surface area contributed by atoms with Crippen molar-refractivity contribution in [3.8, 4) is 5.75 Å². The Balaban J connectivity index is 0.000000816. The lowest BCUT2D eigenvalue weighted by Gasteiger charge is -2.31. The first-order chi connectivity index (χ1) is 11.2. The molecule has 0 aliphatic heterocycles. The van der Waals surface area contributed by atoms with Gasteiger partial charge in [0.1, 0.15) is 12.4 Å². The molecule has 0 N–H and O–H groups in total. The lowest BCUT2D eigenvalue weighted by Crippen LogP contribution is -2.32. The van der Waals surface area contributed by atoms with Crippen LogP contribution in [0.3, 0.4) is 0 Å². The van der Waals surface area contributed by atoms with E-state index in [2.05, 4.69) is 44.0 Å². The zero-order valence-electron chi connectivity index (χ0n) is 15.5. The van der Waals surface area contributed by atoms with Crippen molar-refractivity contribution in [2.24, 2.45) is 0 Å². The van der Waals surface area contributed by atoms with Crippen LogP contribution in [-0.4, -0.2) is 38.3 Å². The van der Waals surface area contributed by atoms with Crippen LogP contribution in [0.2, 0.25) is 0 Å². The highest BCUT2D eigenvalue weighted by Crippen LogP contribution is 2.23. The summed E-state index contributed by atoms with van der Waals surface area (Å²) in [6.45, 7) is 6.50. The number of rotatable bonds is 7. The fourth-order valence-corrected chi connectivity index (χ4v) is 2.92. The van der Waals surface area contributed by atoms with E-state index in [1.165, 1.54) is 44.1 Å². The first kappa shape index (κ1) is 20.0. The fraction of sp³-hybridized carbons (Fsp3) is 0.700. The second kappa shape index (κ2) is 12.4. The van der Waals surface area contributed by atoms with Crippen LogP contribution in [0.4, 0.5) is 0 Å². The topological polar surface area (TPSA) is 21.7 Å². The molecule has 0 amide bonds. The molecule has 3 heteroatoms. The number of ether oxygens (including phenoxy) is 2. The van der Waals surface area contributed by atoms with Gasteiger partial charge in [0.05, 0.1) is 6.61 Å². The minimum atomic E-state index is 0.610. The SMILES string of the molecule is CCC.COCCOc1cccc(CN(C)C2CCCCC2)c1. The van der Waals surface area contributed by atoms with E-state index in [1.807, 2.05) is 6.07 Å². The van der Waals surface area contributed by atoms with Crippen LogP contribution in [-0.2, 0) is 11.3 Å². The summed E-state index contributed by atoms with van der Waals surface area (Å²) in [5.41, 5.74) is 1.33. The van der Waals surface area contributed by atoms with Gasteiger partial charge in [-0.15, -0.1) is 0 Å². The van der Waals surface area contributed by atoms with Crippen molar-refractivity contribution in [3.05, 3.63) is 29.8 Å². The van der Waals surface area contributed by atoms with Crippen molar-refractivity contribution in [1.82, 2.24) is 4.90 Å². The lowest BCUT2D eigenvalue weighted by atomic mass is 9.94. The molecule has 0 bridgehead atoms. The van der Waals surface area contributed by atoms with E-state index in [1.54, 1.807) is 7.11 Å². The maximum atomic E-state index is 5.67. The van der Waals surface area contributed by atoms with Gasteiger partial charge in [-0.25, -0.2) is 0 Å². The summed E-state index contributed by atoms with van der Waals surface area (Å²) < 4.78 is 10.7. The van der Waals surface area contributed by atoms with Crippen LogP contribution in [0.15, 0.2) is 24.3 Å². The Morgan fingerprint density at radius 1 is 1.09 bits per heavy atom. The van der Waals surface area contributed by atoms with E-state index < -0.39 is 0 Å². The Bertz CT molecular complexity index is 402. The van der Waals surface area contributed by atoms with Crippen molar-refractivity contribution in [2.45, 2.75) is 65.0 Å². The second-order valence-corrected chi connectivity index (χ2v) is 6.40. The van der Waals surface area contributed by atoms with Crippen molar-refractivity contribution in [2.75, 3.05) is 27.4 Å². The molecule has 23 heavy (non-hydrogen) atoms. The molecule has 1 aliphatic carbocycles. The Hall–Kier alpha value is -1.06. The summed E-state index contributed by atoms with van der Waals surface area (Å²) in [6, 6.07) is 9.17. The summed E-state index contributed by atoms with van der Waals surface area (Å²) in [5.74, 6) is 0.941. The smallest absolute Gasteiger partial charge is 0.119 e. The highest BCUT2D eigenvalue weighted by atomic mass is 16.5. The summed E-state index contributed by atoms with van der Waals surface area (Å²) in [4.78, 5) is 2.49. The Labute approximate surface area is 143 Å². The first-order valence-corrected chi connectivity index (χ1v) is 9.12. The summed E-state index contributed by atoms with van der Waals surface area (Å²) >= 11 is 0. The van der Waals surface area contributed by atoms with Crippen LogP contribution in [0.1, 0.15) is 57.9 Å². The molecule has 2 rings (SSSR count). The molecule has 1 aromatic carbocycles. The third-order valence-corrected chi connectivity index (χ3v) is 4.08. The van der Waals surface area contributed by atoms with Gasteiger partial charge in [-0.2, -0.15) is 0 Å². The molecule has 0 saturated heterocycles. The molecule has 1 fully saturated rings. The summed E-state index contributed by atoms with van der Waals surface area (Å²) in [5, 5.41) is 0. The molecule has 0 unspecified atom stereocenters. The molecule has 0 heterocycles. The summed E-state index contributed by atoms with van der Waals surface area (Å²) in [7, 11) is 3.94. The molecule has 132 valence electrons. The minimum Gasteiger partial charge on any atom is -0.491 e. The van der Waals surface area contributed by atoms with Gasteiger partial charge in [0, 0.05) is 19.7 Å². The number of benzene rings is 1. The quantitative estimate of drug-likeness (QED) is 0.667. The van der Waals surface area contributed by atoms with E-state index in [9.17, 15) is 0 Å². The number of methoxy groups -OCH3 is 1. The standard InChI is InChI=1S/C17H27NO2.C3H8/c1-18(16-8-4-3-5-9-16)14-15-7-6-10-17(13-15)20-12-11-19-2;1-3-2/h6-7,10,13,16H,3-5,8-9,11-12,14H2,1-2H3;3H2,1-2H3. The minimum absolute atomic E-state index is 0.610. The molecule has 1 saturated carbocycles.